The lowest BCUT2D eigenvalue weighted by molar-refractivity contribution is -0.132. The van der Waals surface area contributed by atoms with E-state index in [-0.39, 0.29) is 42.7 Å². The smallest absolute Gasteiger partial charge is 0.252 e. The van der Waals surface area contributed by atoms with Gasteiger partial charge in [0.1, 0.15) is 5.82 Å². The molecule has 0 unspecified atom stereocenters. The maximum absolute atomic E-state index is 13.9. The summed E-state index contributed by atoms with van der Waals surface area (Å²) in [6.45, 7) is 1.20. The Kier molecular flexibility index (Phi) is 7.56. The minimum atomic E-state index is -1.23. The molecule has 2 amide bonds. The van der Waals surface area contributed by atoms with Crippen molar-refractivity contribution < 1.29 is 22.8 Å². The highest BCUT2D eigenvalue weighted by Gasteiger charge is 2.27. The number of aromatic nitrogens is 2. The molecule has 1 aliphatic rings. The van der Waals surface area contributed by atoms with Crippen LogP contribution in [0.15, 0.2) is 30.6 Å². The molecular formula is C21H24F3N5O2. The van der Waals surface area contributed by atoms with Crippen molar-refractivity contribution in [3.8, 4) is 0 Å². The number of amides is 2. The van der Waals surface area contributed by atoms with E-state index in [1.807, 2.05) is 0 Å². The molecule has 1 aliphatic heterocycles. The van der Waals surface area contributed by atoms with E-state index < -0.39 is 23.5 Å². The number of nitrogens with zero attached hydrogens (tertiary/aromatic N) is 3. The third-order valence-corrected chi connectivity index (χ3v) is 5.51. The van der Waals surface area contributed by atoms with Crippen molar-refractivity contribution in [2.75, 3.05) is 19.6 Å². The number of carbonyl (C=O) groups excluding carboxylic acids is 2. The minimum Gasteiger partial charge on any atom is -0.351 e. The molecule has 166 valence electrons. The first-order valence-electron chi connectivity index (χ1n) is 10.1. The summed E-state index contributed by atoms with van der Waals surface area (Å²) in [5.41, 5.74) is 6.60. The van der Waals surface area contributed by atoms with Crippen LogP contribution in [-0.4, -0.2) is 52.6 Å². The van der Waals surface area contributed by atoms with Gasteiger partial charge in [0.15, 0.2) is 11.6 Å². The summed E-state index contributed by atoms with van der Waals surface area (Å²) < 4.78 is 40.3. The topological polar surface area (TPSA) is 101 Å². The Morgan fingerprint density at radius 3 is 2.52 bits per heavy atom. The number of carbonyl (C=O) groups is 2. The number of nitrogens with one attached hydrogen (secondary N) is 1. The van der Waals surface area contributed by atoms with Crippen LogP contribution >= 0.6 is 0 Å². The van der Waals surface area contributed by atoms with Gasteiger partial charge < -0.3 is 16.0 Å². The second kappa shape index (κ2) is 10.3. The highest BCUT2D eigenvalue weighted by Crippen LogP contribution is 2.24. The quantitative estimate of drug-likeness (QED) is 0.646. The van der Waals surface area contributed by atoms with Crippen molar-refractivity contribution in [2.45, 2.75) is 31.7 Å². The molecule has 2 aromatic rings. The lowest BCUT2D eigenvalue weighted by atomic mass is 9.86. The molecule has 1 saturated heterocycles. The molecule has 0 bridgehead atoms. The maximum atomic E-state index is 13.9. The predicted octanol–water partition coefficient (Wildman–Crippen LogP) is 1.82. The minimum absolute atomic E-state index is 0.0375. The summed E-state index contributed by atoms with van der Waals surface area (Å²) in [5, 5.41) is 9.90. The number of nitrogens with two attached hydrogens (primary N) is 1. The molecule has 10 heteroatoms. The van der Waals surface area contributed by atoms with Crippen molar-refractivity contribution in [3.05, 3.63) is 59.2 Å². The Bertz CT molecular complexity index is 921. The molecule has 1 fully saturated rings. The number of piperidine rings is 1. The van der Waals surface area contributed by atoms with Gasteiger partial charge >= 0.3 is 0 Å². The molecule has 2 heterocycles. The number of rotatable bonds is 7. The zero-order chi connectivity index (χ0) is 22.4. The van der Waals surface area contributed by atoms with Crippen LogP contribution in [0.5, 0.6) is 0 Å². The van der Waals surface area contributed by atoms with Crippen molar-refractivity contribution >= 4 is 11.8 Å². The second-order valence-corrected chi connectivity index (χ2v) is 7.58. The fourth-order valence-corrected chi connectivity index (χ4v) is 3.69. The largest absolute Gasteiger partial charge is 0.351 e. The first-order chi connectivity index (χ1) is 14.8. The van der Waals surface area contributed by atoms with Crippen LogP contribution in [0.3, 0.4) is 0 Å². The lowest BCUT2D eigenvalue weighted by Crippen LogP contribution is -2.44. The summed E-state index contributed by atoms with van der Waals surface area (Å²) in [4.78, 5) is 26.0. The van der Waals surface area contributed by atoms with Crippen molar-refractivity contribution in [3.63, 3.8) is 0 Å². The van der Waals surface area contributed by atoms with E-state index in [9.17, 15) is 22.8 Å². The fraction of sp³-hybridized carbons (Fsp3) is 0.429. The van der Waals surface area contributed by atoms with Crippen LogP contribution in [-0.2, 0) is 11.2 Å². The van der Waals surface area contributed by atoms with E-state index in [1.165, 1.54) is 18.5 Å². The van der Waals surface area contributed by atoms with Gasteiger partial charge in [-0.1, -0.05) is 0 Å². The van der Waals surface area contributed by atoms with Gasteiger partial charge in [0.2, 0.25) is 5.91 Å². The van der Waals surface area contributed by atoms with Crippen LogP contribution in [0.4, 0.5) is 13.2 Å². The third kappa shape index (κ3) is 6.00. The van der Waals surface area contributed by atoms with Gasteiger partial charge in [-0.25, -0.2) is 13.2 Å². The molecule has 0 saturated carbocycles. The van der Waals surface area contributed by atoms with Crippen LogP contribution in [0.1, 0.15) is 35.2 Å². The Labute approximate surface area is 177 Å². The Balaban J connectivity index is 1.42. The maximum Gasteiger partial charge on any atom is 0.252 e. The molecule has 0 aliphatic carbocycles. The van der Waals surface area contributed by atoms with Crippen molar-refractivity contribution in [1.29, 1.82) is 0 Å². The Hall–Kier alpha value is -3.01. The Morgan fingerprint density at radius 1 is 1.13 bits per heavy atom. The molecule has 3 rings (SSSR count). The fourth-order valence-electron chi connectivity index (χ4n) is 3.69. The van der Waals surface area contributed by atoms with Gasteiger partial charge in [-0.15, -0.1) is 0 Å². The molecule has 1 atom stereocenters. The Morgan fingerprint density at radius 2 is 1.84 bits per heavy atom. The average molecular weight is 435 g/mol. The first kappa shape index (κ1) is 22.7. The second-order valence-electron chi connectivity index (χ2n) is 7.58. The summed E-state index contributed by atoms with van der Waals surface area (Å²) in [5.74, 6) is -3.50. The summed E-state index contributed by atoms with van der Waals surface area (Å²) >= 11 is 0. The molecule has 1 aromatic carbocycles. The van der Waals surface area contributed by atoms with E-state index in [2.05, 4.69) is 15.5 Å². The SMILES string of the molecule is N[C@H](Cc1cc(F)c(F)cc1F)C1CCN(C(=O)CCNC(=O)c2ccnnc2)CC1. The molecule has 0 spiro atoms. The predicted molar refractivity (Wildman–Crippen MR) is 106 cm³/mol. The number of halogens is 3. The summed E-state index contributed by atoms with van der Waals surface area (Å²) in [7, 11) is 0. The van der Waals surface area contributed by atoms with Gasteiger partial charge in [-0.3, -0.25) is 9.59 Å². The summed E-state index contributed by atoms with van der Waals surface area (Å²) in [6.07, 6.45) is 4.28. The van der Waals surface area contributed by atoms with Crippen LogP contribution in [0, 0.1) is 23.4 Å². The number of likely N-dealkylation sites (tertiary alicyclic amines) is 1. The number of hydrogen-bond acceptors (Lipinski definition) is 5. The van der Waals surface area contributed by atoms with Crippen LogP contribution in [0.2, 0.25) is 0 Å². The zero-order valence-corrected chi connectivity index (χ0v) is 16.9. The van der Waals surface area contributed by atoms with E-state index in [0.29, 0.717) is 37.6 Å². The van der Waals surface area contributed by atoms with Crippen molar-refractivity contribution in [1.82, 2.24) is 20.4 Å². The van der Waals surface area contributed by atoms with Gasteiger partial charge in [0.05, 0.1) is 18.0 Å². The third-order valence-electron chi connectivity index (χ3n) is 5.51. The van der Waals surface area contributed by atoms with Gasteiger partial charge in [-0.2, -0.15) is 10.2 Å². The van der Waals surface area contributed by atoms with Crippen LogP contribution < -0.4 is 11.1 Å². The monoisotopic (exact) mass is 435 g/mol. The van der Waals surface area contributed by atoms with E-state index in [0.717, 1.165) is 6.07 Å². The van der Waals surface area contributed by atoms with Crippen molar-refractivity contribution in [2.24, 2.45) is 11.7 Å². The number of hydrogen-bond donors (Lipinski definition) is 2. The van der Waals surface area contributed by atoms with Gasteiger partial charge in [0.25, 0.3) is 5.91 Å². The van der Waals surface area contributed by atoms with E-state index in [1.54, 1.807) is 4.90 Å². The molecule has 0 radical (unpaired) electrons. The van der Waals surface area contributed by atoms with E-state index >= 15 is 0 Å². The zero-order valence-electron chi connectivity index (χ0n) is 16.9. The van der Waals surface area contributed by atoms with Crippen LogP contribution in [0.25, 0.3) is 0 Å². The molecular weight excluding hydrogens is 411 g/mol. The van der Waals surface area contributed by atoms with E-state index in [4.69, 9.17) is 5.73 Å². The highest BCUT2D eigenvalue weighted by molar-refractivity contribution is 5.93. The molecule has 31 heavy (non-hydrogen) atoms. The molecule has 7 nitrogen and oxygen atoms in total. The molecule has 3 N–H and O–H groups in total. The highest BCUT2D eigenvalue weighted by atomic mass is 19.2. The summed E-state index contributed by atoms with van der Waals surface area (Å²) in [6, 6.07) is 2.48. The average Bonchev–Trinajstić information content (AvgIpc) is 2.78. The van der Waals surface area contributed by atoms with Gasteiger partial charge in [0, 0.05) is 38.2 Å². The molecule has 1 aromatic heterocycles. The van der Waals surface area contributed by atoms with Gasteiger partial charge in [-0.05, 0) is 42.9 Å². The normalized spacial score (nSPS) is 15.5. The lowest BCUT2D eigenvalue weighted by Gasteiger charge is -2.35. The first-order valence-corrected chi connectivity index (χ1v) is 10.1. The number of benzene rings is 1. The standard InChI is InChI=1S/C21H24F3N5O2/c22-16-11-18(24)17(23)9-15(16)10-19(25)13-3-7-29(8-4-13)20(30)2-5-26-21(31)14-1-6-27-28-12-14/h1,6,9,11-13,19H,2-5,7-8,10,25H2,(H,26,31)/t19-/m1/s1.